The van der Waals surface area contributed by atoms with Crippen LogP contribution in [0, 0.1) is 25.7 Å². The lowest BCUT2D eigenvalue weighted by molar-refractivity contribution is 0.0452. The van der Waals surface area contributed by atoms with Crippen LogP contribution in [0.4, 0.5) is 0 Å². The van der Waals surface area contributed by atoms with Crippen LogP contribution in [0.15, 0.2) is 10.5 Å². The first-order chi connectivity index (χ1) is 12.5. The Morgan fingerprint density at radius 2 is 1.96 bits per heavy atom. The minimum absolute atomic E-state index is 0.0399. The first-order valence-electron chi connectivity index (χ1n) is 9.84. The number of aryl methyl sites for hydroxylation is 2. The van der Waals surface area contributed by atoms with Gasteiger partial charge in [0.25, 0.3) is 5.91 Å². The molecule has 26 heavy (non-hydrogen) atoms. The first-order valence-corrected chi connectivity index (χ1v) is 9.84. The number of hydrogen-bond acceptors (Lipinski definition) is 5. The van der Waals surface area contributed by atoms with Gasteiger partial charge in [0.2, 0.25) is 0 Å². The van der Waals surface area contributed by atoms with Crippen LogP contribution in [-0.2, 0) is 0 Å². The molecule has 6 heteroatoms. The molecule has 0 aromatic carbocycles. The van der Waals surface area contributed by atoms with Gasteiger partial charge in [-0.25, -0.2) is 0 Å². The van der Waals surface area contributed by atoms with Crippen molar-refractivity contribution in [3.63, 3.8) is 0 Å². The Labute approximate surface area is 156 Å². The van der Waals surface area contributed by atoms with Crippen LogP contribution >= 0.6 is 0 Å². The standard InChI is InChI=1S/C20H33N3O3/c1-15-9-19(16(2)26-15)20(25)23-12-17(10-18(13-23)14-24)11-22-6-4-5-21(3)7-8-22/h9,17-18,24H,4-8,10-14H2,1-3H3/t17-,18+/m0/s1. The second kappa shape index (κ2) is 8.55. The third-order valence-electron chi connectivity index (χ3n) is 5.77. The normalized spacial score (nSPS) is 26.1. The smallest absolute Gasteiger partial charge is 0.257 e. The van der Waals surface area contributed by atoms with Crippen molar-refractivity contribution < 1.29 is 14.3 Å². The quantitative estimate of drug-likeness (QED) is 0.881. The lowest BCUT2D eigenvalue weighted by Crippen LogP contribution is -2.48. The van der Waals surface area contributed by atoms with Gasteiger partial charge in [0, 0.05) is 39.3 Å². The highest BCUT2D eigenvalue weighted by atomic mass is 16.3. The van der Waals surface area contributed by atoms with Crippen molar-refractivity contribution in [3.8, 4) is 0 Å². The number of furan rings is 1. The highest BCUT2D eigenvalue weighted by molar-refractivity contribution is 5.95. The number of hydrogen-bond donors (Lipinski definition) is 1. The lowest BCUT2D eigenvalue weighted by atomic mass is 9.88. The van der Waals surface area contributed by atoms with Gasteiger partial charge in [0.1, 0.15) is 11.5 Å². The van der Waals surface area contributed by atoms with E-state index in [2.05, 4.69) is 16.8 Å². The van der Waals surface area contributed by atoms with Crippen LogP contribution in [0.2, 0.25) is 0 Å². The predicted molar refractivity (Wildman–Crippen MR) is 101 cm³/mol. The van der Waals surface area contributed by atoms with E-state index in [-0.39, 0.29) is 18.4 Å². The van der Waals surface area contributed by atoms with E-state index >= 15 is 0 Å². The number of aliphatic hydroxyl groups is 1. The van der Waals surface area contributed by atoms with Gasteiger partial charge in [-0.3, -0.25) is 4.79 Å². The van der Waals surface area contributed by atoms with Crippen LogP contribution < -0.4 is 0 Å². The highest BCUT2D eigenvalue weighted by Crippen LogP contribution is 2.26. The Balaban J connectivity index is 1.66. The number of piperidine rings is 1. The molecule has 1 aromatic heterocycles. The van der Waals surface area contributed by atoms with Gasteiger partial charge in [-0.05, 0) is 64.7 Å². The summed E-state index contributed by atoms with van der Waals surface area (Å²) in [7, 11) is 2.18. The van der Waals surface area contributed by atoms with Crippen molar-refractivity contribution in [3.05, 3.63) is 23.2 Å². The zero-order valence-corrected chi connectivity index (χ0v) is 16.4. The molecule has 0 radical (unpaired) electrons. The second-order valence-electron chi connectivity index (χ2n) is 8.14. The summed E-state index contributed by atoms with van der Waals surface area (Å²) in [6.45, 7) is 10.8. The maximum atomic E-state index is 13.0. The average molecular weight is 364 g/mol. The number of amides is 1. The lowest BCUT2D eigenvalue weighted by Gasteiger charge is -2.39. The van der Waals surface area contributed by atoms with E-state index in [0.717, 1.165) is 51.4 Å². The molecule has 0 spiro atoms. The van der Waals surface area contributed by atoms with E-state index in [4.69, 9.17) is 4.42 Å². The van der Waals surface area contributed by atoms with Crippen LogP contribution in [0.5, 0.6) is 0 Å². The Bertz CT molecular complexity index is 615. The third kappa shape index (κ3) is 4.67. The first kappa shape index (κ1) is 19.4. The fraction of sp³-hybridized carbons (Fsp3) is 0.750. The van der Waals surface area contributed by atoms with E-state index in [1.807, 2.05) is 24.8 Å². The van der Waals surface area contributed by atoms with E-state index in [1.54, 1.807) is 0 Å². The zero-order chi connectivity index (χ0) is 18.7. The SMILES string of the molecule is Cc1cc(C(=O)N2C[C@H](CO)C[C@@H](CN3CCCN(C)CC3)C2)c(C)o1. The van der Waals surface area contributed by atoms with Gasteiger partial charge >= 0.3 is 0 Å². The van der Waals surface area contributed by atoms with Crippen LogP contribution in [0.25, 0.3) is 0 Å². The molecule has 2 atom stereocenters. The number of nitrogens with zero attached hydrogens (tertiary/aromatic N) is 3. The van der Waals surface area contributed by atoms with Gasteiger partial charge in [-0.15, -0.1) is 0 Å². The number of aliphatic hydroxyl groups excluding tert-OH is 1. The minimum Gasteiger partial charge on any atom is -0.466 e. The molecule has 0 aliphatic carbocycles. The van der Waals surface area contributed by atoms with E-state index in [1.165, 1.54) is 6.42 Å². The maximum absolute atomic E-state index is 13.0. The molecule has 2 saturated heterocycles. The number of carbonyl (C=O) groups excluding carboxylic acids is 1. The molecule has 2 fully saturated rings. The number of rotatable bonds is 4. The molecule has 3 heterocycles. The molecular formula is C20H33N3O3. The second-order valence-corrected chi connectivity index (χ2v) is 8.14. The molecule has 0 bridgehead atoms. The van der Waals surface area contributed by atoms with Gasteiger partial charge < -0.3 is 24.2 Å². The molecule has 0 unspecified atom stereocenters. The monoisotopic (exact) mass is 363 g/mol. The summed E-state index contributed by atoms with van der Waals surface area (Å²) in [4.78, 5) is 19.8. The van der Waals surface area contributed by atoms with E-state index in [9.17, 15) is 9.90 Å². The maximum Gasteiger partial charge on any atom is 0.257 e. The van der Waals surface area contributed by atoms with Crippen molar-refractivity contribution in [2.24, 2.45) is 11.8 Å². The van der Waals surface area contributed by atoms with Crippen molar-refractivity contribution in [2.45, 2.75) is 26.7 Å². The van der Waals surface area contributed by atoms with Crippen molar-refractivity contribution >= 4 is 5.91 Å². The highest BCUT2D eigenvalue weighted by Gasteiger charge is 2.32. The summed E-state index contributed by atoms with van der Waals surface area (Å²) in [6.07, 6.45) is 2.19. The average Bonchev–Trinajstić information content (AvgIpc) is 2.82. The van der Waals surface area contributed by atoms with Gasteiger partial charge in [0.15, 0.2) is 0 Å². The topological polar surface area (TPSA) is 60.2 Å². The molecule has 6 nitrogen and oxygen atoms in total. The van der Waals surface area contributed by atoms with E-state index in [0.29, 0.717) is 23.8 Å². The summed E-state index contributed by atoms with van der Waals surface area (Å²) in [5.41, 5.74) is 0.663. The Morgan fingerprint density at radius 3 is 2.65 bits per heavy atom. The summed E-state index contributed by atoms with van der Waals surface area (Å²) in [6, 6.07) is 1.83. The molecule has 2 aliphatic heterocycles. The molecule has 3 rings (SSSR count). The van der Waals surface area contributed by atoms with Crippen molar-refractivity contribution in [1.29, 1.82) is 0 Å². The van der Waals surface area contributed by atoms with Gasteiger partial charge in [0.05, 0.1) is 5.56 Å². The fourth-order valence-electron chi connectivity index (χ4n) is 4.41. The minimum atomic E-state index is 0.0399. The summed E-state index contributed by atoms with van der Waals surface area (Å²) in [5.74, 6) is 2.08. The summed E-state index contributed by atoms with van der Waals surface area (Å²) in [5, 5.41) is 9.75. The van der Waals surface area contributed by atoms with E-state index < -0.39 is 0 Å². The molecule has 2 aliphatic rings. The zero-order valence-electron chi connectivity index (χ0n) is 16.4. The Morgan fingerprint density at radius 1 is 1.19 bits per heavy atom. The Hall–Kier alpha value is -1.37. The fourth-order valence-corrected chi connectivity index (χ4v) is 4.41. The van der Waals surface area contributed by atoms with Crippen LogP contribution in [0.1, 0.15) is 34.7 Å². The largest absolute Gasteiger partial charge is 0.466 e. The number of likely N-dealkylation sites (N-methyl/N-ethyl adjacent to an activating group) is 1. The molecular weight excluding hydrogens is 330 g/mol. The summed E-state index contributed by atoms with van der Waals surface area (Å²) >= 11 is 0. The van der Waals surface area contributed by atoms with Crippen molar-refractivity contribution in [1.82, 2.24) is 14.7 Å². The molecule has 1 amide bonds. The van der Waals surface area contributed by atoms with Crippen LogP contribution in [0.3, 0.4) is 0 Å². The van der Waals surface area contributed by atoms with Crippen molar-refractivity contribution in [2.75, 3.05) is 59.5 Å². The van der Waals surface area contributed by atoms with Gasteiger partial charge in [-0.2, -0.15) is 0 Å². The predicted octanol–water partition coefficient (Wildman–Crippen LogP) is 1.60. The van der Waals surface area contributed by atoms with Crippen LogP contribution in [-0.4, -0.2) is 85.2 Å². The third-order valence-corrected chi connectivity index (χ3v) is 5.77. The molecule has 146 valence electrons. The molecule has 1 aromatic rings. The molecule has 1 N–H and O–H groups in total. The molecule has 0 saturated carbocycles. The number of likely N-dealkylation sites (tertiary alicyclic amines) is 1. The van der Waals surface area contributed by atoms with Gasteiger partial charge in [-0.1, -0.05) is 0 Å². The Kier molecular flexibility index (Phi) is 6.37. The number of carbonyl (C=O) groups is 1. The summed E-state index contributed by atoms with van der Waals surface area (Å²) < 4.78 is 5.54.